The fraction of sp³-hybridized carbons (Fsp3) is 0.579. The van der Waals surface area contributed by atoms with E-state index in [0.29, 0.717) is 26.0 Å². The van der Waals surface area contributed by atoms with Gasteiger partial charge in [-0.15, -0.1) is 0 Å². The van der Waals surface area contributed by atoms with Crippen molar-refractivity contribution >= 4 is 28.8 Å². The van der Waals surface area contributed by atoms with Crippen LogP contribution < -0.4 is 5.32 Å². The van der Waals surface area contributed by atoms with Crippen LogP contribution in [0.1, 0.15) is 32.3 Å². The summed E-state index contributed by atoms with van der Waals surface area (Å²) in [6.45, 7) is 6.28. The SMILES string of the molecule is CCOC(=O)CCc1cnn(C/C=C2\CNCCC2SC(C)=O)c1.O=C(O)C(F)(F)F. The van der Waals surface area contributed by atoms with Crippen molar-refractivity contribution in [1.82, 2.24) is 15.1 Å². The van der Waals surface area contributed by atoms with Gasteiger partial charge in [0.15, 0.2) is 5.12 Å². The Morgan fingerprint density at radius 3 is 2.68 bits per heavy atom. The predicted molar refractivity (Wildman–Crippen MR) is 109 cm³/mol. The summed E-state index contributed by atoms with van der Waals surface area (Å²) in [7, 11) is 0. The average molecular weight is 465 g/mol. The van der Waals surface area contributed by atoms with Crippen LogP contribution in [0.2, 0.25) is 0 Å². The molecule has 1 saturated heterocycles. The Balaban J connectivity index is 0.000000592. The Kier molecular flexibility index (Phi) is 11.3. The first kappa shape index (κ1) is 26.7. The summed E-state index contributed by atoms with van der Waals surface area (Å²) >= 11 is 1.41. The van der Waals surface area contributed by atoms with Crippen molar-refractivity contribution in [3.63, 3.8) is 0 Å². The molecule has 2 N–H and O–H groups in total. The molecule has 8 nitrogen and oxygen atoms in total. The molecule has 0 amide bonds. The molecule has 0 saturated carbocycles. The summed E-state index contributed by atoms with van der Waals surface area (Å²) < 4.78 is 38.5. The number of alkyl halides is 3. The van der Waals surface area contributed by atoms with Crippen molar-refractivity contribution in [1.29, 1.82) is 0 Å². The van der Waals surface area contributed by atoms with E-state index < -0.39 is 12.1 Å². The number of aliphatic carboxylic acids is 1. The number of allylic oxidation sites excluding steroid dienone is 1. The summed E-state index contributed by atoms with van der Waals surface area (Å²) in [5, 5.41) is 15.2. The van der Waals surface area contributed by atoms with Crippen molar-refractivity contribution < 1.29 is 37.4 Å². The van der Waals surface area contributed by atoms with Gasteiger partial charge in [0.05, 0.1) is 19.3 Å². The van der Waals surface area contributed by atoms with Crippen molar-refractivity contribution in [2.75, 3.05) is 19.7 Å². The number of carbonyl (C=O) groups is 3. The number of esters is 1. The smallest absolute Gasteiger partial charge is 0.475 e. The third kappa shape index (κ3) is 11.0. The van der Waals surface area contributed by atoms with Gasteiger partial charge in [-0.3, -0.25) is 14.3 Å². The highest BCUT2D eigenvalue weighted by Gasteiger charge is 2.38. The summed E-state index contributed by atoms with van der Waals surface area (Å²) in [5.74, 6) is -2.93. The van der Waals surface area contributed by atoms with E-state index in [-0.39, 0.29) is 16.3 Å². The lowest BCUT2D eigenvalue weighted by Gasteiger charge is -2.25. The number of carboxylic acids is 1. The van der Waals surface area contributed by atoms with E-state index in [4.69, 9.17) is 14.6 Å². The van der Waals surface area contributed by atoms with Crippen molar-refractivity contribution in [3.8, 4) is 0 Å². The second-order valence-corrected chi connectivity index (χ2v) is 7.90. The Labute approximate surface area is 182 Å². The van der Waals surface area contributed by atoms with Crippen LogP contribution in [0.25, 0.3) is 0 Å². The minimum absolute atomic E-state index is 0.160. The molecule has 0 spiro atoms. The van der Waals surface area contributed by atoms with Crippen LogP contribution in [-0.4, -0.2) is 63.1 Å². The number of hydrogen-bond acceptors (Lipinski definition) is 7. The number of piperidine rings is 1. The Morgan fingerprint density at radius 1 is 1.42 bits per heavy atom. The van der Waals surface area contributed by atoms with Gasteiger partial charge < -0.3 is 15.2 Å². The zero-order valence-electron chi connectivity index (χ0n) is 17.3. The minimum atomic E-state index is -5.08. The first-order chi connectivity index (χ1) is 14.5. The maximum atomic E-state index is 11.4. The zero-order valence-corrected chi connectivity index (χ0v) is 18.1. The molecule has 174 valence electrons. The summed E-state index contributed by atoms with van der Waals surface area (Å²) in [5.41, 5.74) is 2.28. The highest BCUT2D eigenvalue weighted by Crippen LogP contribution is 2.25. The molecule has 2 heterocycles. The van der Waals surface area contributed by atoms with Gasteiger partial charge in [-0.05, 0) is 37.4 Å². The molecule has 31 heavy (non-hydrogen) atoms. The van der Waals surface area contributed by atoms with Gasteiger partial charge in [0.25, 0.3) is 0 Å². The highest BCUT2D eigenvalue weighted by atomic mass is 32.2. The summed E-state index contributed by atoms with van der Waals surface area (Å²) in [6.07, 6.45) is 2.80. The fourth-order valence-electron chi connectivity index (χ4n) is 2.63. The molecule has 0 aromatic carbocycles. The first-order valence-electron chi connectivity index (χ1n) is 9.56. The van der Waals surface area contributed by atoms with Crippen LogP contribution in [0.3, 0.4) is 0 Å². The number of rotatable bonds is 7. The van der Waals surface area contributed by atoms with E-state index in [1.807, 2.05) is 10.9 Å². The monoisotopic (exact) mass is 465 g/mol. The van der Waals surface area contributed by atoms with E-state index in [9.17, 15) is 22.8 Å². The normalized spacial score (nSPS) is 17.6. The number of hydrogen-bond donors (Lipinski definition) is 2. The molecule has 1 atom stereocenters. The summed E-state index contributed by atoms with van der Waals surface area (Å²) in [6, 6.07) is 0. The lowest BCUT2D eigenvalue weighted by atomic mass is 10.1. The molecule has 2 rings (SSSR count). The van der Waals surface area contributed by atoms with Crippen molar-refractivity contribution in [2.24, 2.45) is 0 Å². The van der Waals surface area contributed by atoms with Crippen molar-refractivity contribution in [3.05, 3.63) is 29.6 Å². The number of carbonyl (C=O) groups excluding carboxylic acids is 2. The van der Waals surface area contributed by atoms with Crippen LogP contribution in [0, 0.1) is 0 Å². The second kappa shape index (κ2) is 13.2. The number of nitrogens with zero attached hydrogens (tertiary/aromatic N) is 2. The van der Waals surface area contributed by atoms with E-state index in [2.05, 4.69) is 16.5 Å². The van der Waals surface area contributed by atoms with E-state index in [1.165, 1.54) is 17.3 Å². The minimum Gasteiger partial charge on any atom is -0.475 e. The molecule has 1 aliphatic heterocycles. The molecule has 1 unspecified atom stereocenters. The van der Waals surface area contributed by atoms with Crippen LogP contribution in [-0.2, 0) is 32.1 Å². The van der Waals surface area contributed by atoms with Crippen LogP contribution in [0.4, 0.5) is 13.2 Å². The Morgan fingerprint density at radius 2 is 2.10 bits per heavy atom. The lowest BCUT2D eigenvalue weighted by Crippen LogP contribution is -2.32. The fourth-order valence-corrected chi connectivity index (χ4v) is 3.60. The largest absolute Gasteiger partial charge is 0.490 e. The number of thioether (sulfide) groups is 1. The maximum absolute atomic E-state index is 11.4. The molecule has 1 aliphatic rings. The standard InChI is InChI=1S/C17H25N3O3S.C2HF3O2/c1-3-23-17(22)5-4-14-10-19-20(12-14)9-7-15-11-18-8-6-16(15)24-13(2)21;3-2(4,5)1(6)7/h7,10,12,16,18H,3-6,8-9,11H2,1-2H3;(H,6,7)/b15-7+;. The number of aromatic nitrogens is 2. The molecular formula is C19H26F3N3O5S. The second-order valence-electron chi connectivity index (χ2n) is 6.52. The average Bonchev–Trinajstić information content (AvgIpc) is 3.13. The van der Waals surface area contributed by atoms with Gasteiger partial charge in [0.1, 0.15) is 0 Å². The van der Waals surface area contributed by atoms with Crippen molar-refractivity contribution in [2.45, 2.75) is 51.1 Å². The maximum Gasteiger partial charge on any atom is 0.490 e. The predicted octanol–water partition coefficient (Wildman–Crippen LogP) is 2.58. The van der Waals surface area contributed by atoms with E-state index >= 15 is 0 Å². The molecule has 1 aromatic heterocycles. The van der Waals surface area contributed by atoms with Gasteiger partial charge in [0.2, 0.25) is 0 Å². The third-order valence-corrected chi connectivity index (χ3v) is 5.18. The number of carboxylic acid groups (broad SMARTS) is 1. The number of aryl methyl sites for hydroxylation is 1. The Hall–Kier alpha value is -2.34. The van der Waals surface area contributed by atoms with Gasteiger partial charge >= 0.3 is 18.1 Å². The highest BCUT2D eigenvalue weighted by molar-refractivity contribution is 8.14. The number of halogens is 3. The molecule has 0 radical (unpaired) electrons. The van der Waals surface area contributed by atoms with Crippen LogP contribution in [0.15, 0.2) is 24.0 Å². The topological polar surface area (TPSA) is 111 Å². The van der Waals surface area contributed by atoms with Gasteiger partial charge in [-0.2, -0.15) is 18.3 Å². The van der Waals surface area contributed by atoms with E-state index in [0.717, 1.165) is 25.1 Å². The van der Waals surface area contributed by atoms with Crippen LogP contribution in [0.5, 0.6) is 0 Å². The van der Waals surface area contributed by atoms with Crippen LogP contribution >= 0.6 is 11.8 Å². The number of ether oxygens (including phenoxy) is 1. The zero-order chi connectivity index (χ0) is 23.4. The molecular weight excluding hydrogens is 439 g/mol. The van der Waals surface area contributed by atoms with Gasteiger partial charge in [0, 0.05) is 31.3 Å². The molecule has 12 heteroatoms. The lowest BCUT2D eigenvalue weighted by molar-refractivity contribution is -0.192. The molecule has 0 bridgehead atoms. The quantitative estimate of drug-likeness (QED) is 0.467. The van der Waals surface area contributed by atoms with Gasteiger partial charge in [-0.25, -0.2) is 4.79 Å². The van der Waals surface area contributed by atoms with Gasteiger partial charge in [-0.1, -0.05) is 17.8 Å². The summed E-state index contributed by atoms with van der Waals surface area (Å²) in [4.78, 5) is 31.6. The van der Waals surface area contributed by atoms with E-state index in [1.54, 1.807) is 20.0 Å². The molecule has 1 aromatic rings. The Bertz CT molecular complexity index is 780. The first-order valence-corrected chi connectivity index (χ1v) is 10.4. The number of nitrogens with one attached hydrogen (secondary N) is 1. The molecule has 1 fully saturated rings. The molecule has 0 aliphatic carbocycles. The third-order valence-electron chi connectivity index (χ3n) is 4.03.